The average molecular weight is 364 g/mol. The fraction of sp³-hybridized carbons (Fsp3) is 0.133. The highest BCUT2D eigenvalue weighted by Gasteiger charge is 2.30. The van der Waals surface area contributed by atoms with Crippen molar-refractivity contribution in [1.82, 2.24) is 0 Å². The summed E-state index contributed by atoms with van der Waals surface area (Å²) < 4.78 is 57.8. The lowest BCUT2D eigenvalue weighted by atomic mass is 10.3. The van der Waals surface area contributed by atoms with Crippen molar-refractivity contribution in [2.75, 3.05) is 11.9 Å². The number of rotatable bonds is 5. The Hall–Kier alpha value is -2.48. The summed E-state index contributed by atoms with van der Waals surface area (Å²) in [6.45, 7) is -0.411. The molecule has 0 spiro atoms. The van der Waals surface area contributed by atoms with E-state index in [-0.39, 0.29) is 16.5 Å². The van der Waals surface area contributed by atoms with Crippen LogP contribution in [0.3, 0.4) is 0 Å². The van der Waals surface area contributed by atoms with Crippen molar-refractivity contribution in [2.45, 2.75) is 6.36 Å². The number of carbonyl (C=O) groups excluding carboxylic acids is 1. The summed E-state index contributed by atoms with van der Waals surface area (Å²) in [5.74, 6) is -1.39. The fourth-order valence-electron chi connectivity index (χ4n) is 1.67. The molecule has 2 rings (SSSR count). The zero-order chi connectivity index (χ0) is 17.7. The van der Waals surface area contributed by atoms with E-state index in [4.69, 9.17) is 16.3 Å². The van der Waals surface area contributed by atoms with Crippen LogP contribution in [0, 0.1) is 5.82 Å². The van der Waals surface area contributed by atoms with Crippen LogP contribution in [0.4, 0.5) is 23.2 Å². The smallest absolute Gasteiger partial charge is 0.482 e. The third-order valence-corrected chi connectivity index (χ3v) is 2.92. The van der Waals surface area contributed by atoms with Crippen LogP contribution in [0.5, 0.6) is 11.5 Å². The Kier molecular flexibility index (Phi) is 5.50. The van der Waals surface area contributed by atoms with Gasteiger partial charge in [0, 0.05) is 5.69 Å². The van der Waals surface area contributed by atoms with Gasteiger partial charge < -0.3 is 14.8 Å². The second-order valence-corrected chi connectivity index (χ2v) is 4.89. The normalized spacial score (nSPS) is 11.0. The molecule has 0 bridgehead atoms. The van der Waals surface area contributed by atoms with Crippen molar-refractivity contribution >= 4 is 23.2 Å². The number of carbonyl (C=O) groups is 1. The summed E-state index contributed by atoms with van der Waals surface area (Å²) >= 11 is 5.74. The molecule has 1 N–H and O–H groups in total. The highest BCUT2D eigenvalue weighted by atomic mass is 35.5. The van der Waals surface area contributed by atoms with Gasteiger partial charge in [-0.3, -0.25) is 4.79 Å². The lowest BCUT2D eigenvalue weighted by Crippen LogP contribution is -2.20. The maximum atomic E-state index is 12.9. The summed E-state index contributed by atoms with van der Waals surface area (Å²) in [5.41, 5.74) is 0.253. The van der Waals surface area contributed by atoms with Gasteiger partial charge in [-0.2, -0.15) is 0 Å². The number of halogens is 5. The van der Waals surface area contributed by atoms with Crippen LogP contribution >= 0.6 is 11.6 Å². The molecule has 0 radical (unpaired) electrons. The molecule has 0 fully saturated rings. The van der Waals surface area contributed by atoms with E-state index >= 15 is 0 Å². The molecule has 0 aliphatic carbocycles. The van der Waals surface area contributed by atoms with E-state index in [1.807, 2.05) is 0 Å². The van der Waals surface area contributed by atoms with Crippen LogP contribution in [0.15, 0.2) is 42.5 Å². The second kappa shape index (κ2) is 7.39. The molecule has 0 saturated carbocycles. The molecule has 128 valence electrons. The highest BCUT2D eigenvalue weighted by Crippen LogP contribution is 2.25. The minimum Gasteiger partial charge on any atom is -0.482 e. The summed E-state index contributed by atoms with van der Waals surface area (Å²) in [4.78, 5) is 11.7. The van der Waals surface area contributed by atoms with Crippen LogP contribution in [-0.4, -0.2) is 18.9 Å². The van der Waals surface area contributed by atoms with Gasteiger partial charge in [0.25, 0.3) is 5.91 Å². The van der Waals surface area contributed by atoms with E-state index in [1.54, 1.807) is 0 Å². The molecule has 0 atom stereocenters. The Morgan fingerprint density at radius 2 is 1.79 bits per heavy atom. The van der Waals surface area contributed by atoms with Crippen LogP contribution in [-0.2, 0) is 4.79 Å². The zero-order valence-corrected chi connectivity index (χ0v) is 12.6. The molecule has 1 amide bonds. The largest absolute Gasteiger partial charge is 0.573 e. The van der Waals surface area contributed by atoms with Crippen molar-refractivity contribution < 1.29 is 31.8 Å². The molecular weight excluding hydrogens is 354 g/mol. The summed E-state index contributed by atoms with van der Waals surface area (Å²) in [6, 6.07) is 8.02. The van der Waals surface area contributed by atoms with Crippen LogP contribution in [0.2, 0.25) is 5.02 Å². The van der Waals surface area contributed by atoms with Gasteiger partial charge in [-0.15, -0.1) is 13.2 Å². The van der Waals surface area contributed by atoms with Gasteiger partial charge in [-0.05, 0) is 42.5 Å². The van der Waals surface area contributed by atoms with Crippen molar-refractivity contribution in [3.63, 3.8) is 0 Å². The number of hydrogen-bond donors (Lipinski definition) is 1. The molecule has 0 aromatic heterocycles. The second-order valence-electron chi connectivity index (χ2n) is 4.48. The number of nitrogens with one attached hydrogen (secondary N) is 1. The van der Waals surface area contributed by atoms with Gasteiger partial charge >= 0.3 is 6.36 Å². The summed E-state index contributed by atoms with van der Waals surface area (Å²) in [5, 5.41) is 2.43. The van der Waals surface area contributed by atoms with Gasteiger partial charge in [0.15, 0.2) is 6.61 Å². The Labute approximate surface area is 138 Å². The van der Waals surface area contributed by atoms with Crippen molar-refractivity contribution in [3.05, 3.63) is 53.3 Å². The Balaban J connectivity index is 1.88. The number of hydrogen-bond acceptors (Lipinski definition) is 3. The van der Waals surface area contributed by atoms with Gasteiger partial charge in [-0.25, -0.2) is 4.39 Å². The standard InChI is InChI=1S/C15H10ClF4NO3/c16-12-7-9(17)1-6-13(12)23-8-14(22)21-10-2-4-11(5-3-10)24-15(18,19)20/h1-7H,8H2,(H,21,22). The molecule has 0 aliphatic rings. The van der Waals surface area contributed by atoms with Crippen LogP contribution < -0.4 is 14.8 Å². The lowest BCUT2D eigenvalue weighted by molar-refractivity contribution is -0.274. The van der Waals surface area contributed by atoms with Crippen LogP contribution in [0.25, 0.3) is 0 Å². The van der Waals surface area contributed by atoms with E-state index < -0.39 is 30.4 Å². The predicted octanol–water partition coefficient (Wildman–Crippen LogP) is 4.40. The van der Waals surface area contributed by atoms with E-state index in [0.29, 0.717) is 0 Å². The molecule has 0 unspecified atom stereocenters. The summed E-state index contributed by atoms with van der Waals surface area (Å²) in [6.07, 6.45) is -4.78. The monoisotopic (exact) mass is 363 g/mol. The molecule has 0 aliphatic heterocycles. The SMILES string of the molecule is O=C(COc1ccc(F)cc1Cl)Nc1ccc(OC(F)(F)F)cc1. The molecule has 0 heterocycles. The van der Waals surface area contributed by atoms with Gasteiger partial charge in [0.05, 0.1) is 5.02 Å². The first kappa shape index (κ1) is 17.9. The maximum absolute atomic E-state index is 12.9. The predicted molar refractivity (Wildman–Crippen MR) is 78.7 cm³/mol. The molecular formula is C15H10ClF4NO3. The molecule has 24 heavy (non-hydrogen) atoms. The van der Waals surface area contributed by atoms with Gasteiger partial charge in [-0.1, -0.05) is 11.6 Å². The van der Waals surface area contributed by atoms with E-state index in [9.17, 15) is 22.4 Å². The first-order valence-corrected chi connectivity index (χ1v) is 6.84. The molecule has 2 aromatic carbocycles. The first-order chi connectivity index (χ1) is 11.2. The minimum atomic E-state index is -4.78. The Bertz CT molecular complexity index is 720. The van der Waals surface area contributed by atoms with E-state index in [1.165, 1.54) is 18.2 Å². The Morgan fingerprint density at radius 1 is 1.12 bits per heavy atom. The van der Waals surface area contributed by atoms with Crippen molar-refractivity contribution in [3.8, 4) is 11.5 Å². The molecule has 4 nitrogen and oxygen atoms in total. The fourth-order valence-corrected chi connectivity index (χ4v) is 1.89. The highest BCUT2D eigenvalue weighted by molar-refractivity contribution is 6.32. The van der Waals surface area contributed by atoms with E-state index in [2.05, 4.69) is 10.1 Å². The van der Waals surface area contributed by atoms with Crippen molar-refractivity contribution in [2.24, 2.45) is 0 Å². The topological polar surface area (TPSA) is 47.6 Å². The number of amides is 1. The molecule has 9 heteroatoms. The minimum absolute atomic E-state index is 0.0106. The lowest BCUT2D eigenvalue weighted by Gasteiger charge is -2.11. The first-order valence-electron chi connectivity index (χ1n) is 6.46. The van der Waals surface area contributed by atoms with Gasteiger partial charge in [0.2, 0.25) is 0 Å². The Morgan fingerprint density at radius 3 is 2.38 bits per heavy atom. The van der Waals surface area contributed by atoms with Crippen LogP contribution in [0.1, 0.15) is 0 Å². The number of anilines is 1. The average Bonchev–Trinajstić information content (AvgIpc) is 2.47. The zero-order valence-electron chi connectivity index (χ0n) is 11.9. The van der Waals surface area contributed by atoms with Crippen molar-refractivity contribution in [1.29, 1.82) is 0 Å². The van der Waals surface area contributed by atoms with Gasteiger partial charge in [0.1, 0.15) is 17.3 Å². The summed E-state index contributed by atoms with van der Waals surface area (Å²) in [7, 11) is 0. The van der Waals surface area contributed by atoms with E-state index in [0.717, 1.165) is 24.3 Å². The third kappa shape index (κ3) is 5.62. The maximum Gasteiger partial charge on any atom is 0.573 e. The number of ether oxygens (including phenoxy) is 2. The number of alkyl halides is 3. The quantitative estimate of drug-likeness (QED) is 0.801. The third-order valence-electron chi connectivity index (χ3n) is 2.62. The molecule has 0 saturated heterocycles. The number of benzene rings is 2. The molecule has 2 aromatic rings.